The van der Waals surface area contributed by atoms with Crippen LogP contribution in [0, 0.1) is 0 Å². The molecule has 0 atom stereocenters. The molecule has 1 aliphatic rings. The molecule has 0 bridgehead atoms. The van der Waals surface area contributed by atoms with Crippen LogP contribution < -0.4 is 14.8 Å². The number of carbonyl (C=O) groups excluding carboxylic acids is 1. The normalized spacial score (nSPS) is 14.9. The molecule has 0 radical (unpaired) electrons. The molecule has 0 unspecified atom stereocenters. The molecule has 0 saturated carbocycles. The standard InChI is InChI=1S/C21H26N2O5S/c1-2-27-20-9-5-4-8-19(20)22-21(24)16-28-17-10-12-18(13-11-17)29(25,26)23-14-6-3-7-15-23/h4-5,8-13H,2-3,6-7,14-16H2,1H3,(H,22,24). The van der Waals surface area contributed by atoms with Crippen LogP contribution in [-0.2, 0) is 14.8 Å². The molecule has 3 rings (SSSR count). The van der Waals surface area contributed by atoms with E-state index in [0.717, 1.165) is 19.3 Å². The molecule has 2 aromatic carbocycles. The Balaban J connectivity index is 1.57. The molecule has 1 N–H and O–H groups in total. The van der Waals surface area contributed by atoms with E-state index in [0.29, 0.717) is 36.9 Å². The van der Waals surface area contributed by atoms with Crippen LogP contribution in [0.5, 0.6) is 11.5 Å². The maximum absolute atomic E-state index is 12.7. The van der Waals surface area contributed by atoms with Crippen LogP contribution in [0.1, 0.15) is 26.2 Å². The maximum atomic E-state index is 12.7. The zero-order chi connectivity index (χ0) is 20.7. The second kappa shape index (κ2) is 9.76. The van der Waals surface area contributed by atoms with E-state index >= 15 is 0 Å². The molecule has 0 aliphatic carbocycles. The monoisotopic (exact) mass is 418 g/mol. The molecule has 1 aliphatic heterocycles. The number of ether oxygens (including phenoxy) is 2. The highest BCUT2D eigenvalue weighted by Gasteiger charge is 2.25. The average molecular weight is 419 g/mol. The van der Waals surface area contributed by atoms with Crippen LogP contribution in [0.25, 0.3) is 0 Å². The van der Waals surface area contributed by atoms with E-state index < -0.39 is 10.0 Å². The summed E-state index contributed by atoms with van der Waals surface area (Å²) in [6.45, 7) is 3.29. The van der Waals surface area contributed by atoms with Crippen molar-refractivity contribution in [3.8, 4) is 11.5 Å². The van der Waals surface area contributed by atoms with Crippen molar-refractivity contribution < 1.29 is 22.7 Å². The van der Waals surface area contributed by atoms with Crippen molar-refractivity contribution in [1.29, 1.82) is 0 Å². The highest BCUT2D eigenvalue weighted by atomic mass is 32.2. The van der Waals surface area contributed by atoms with Gasteiger partial charge in [-0.2, -0.15) is 4.31 Å². The lowest BCUT2D eigenvalue weighted by molar-refractivity contribution is -0.118. The van der Waals surface area contributed by atoms with E-state index in [1.165, 1.54) is 16.4 Å². The predicted molar refractivity (Wildman–Crippen MR) is 111 cm³/mol. The summed E-state index contributed by atoms with van der Waals surface area (Å²) in [5, 5.41) is 2.75. The van der Waals surface area contributed by atoms with Crippen molar-refractivity contribution in [2.45, 2.75) is 31.1 Å². The quantitative estimate of drug-likeness (QED) is 0.711. The molecule has 1 saturated heterocycles. The van der Waals surface area contributed by atoms with Gasteiger partial charge in [0.15, 0.2) is 6.61 Å². The Morgan fingerprint density at radius 2 is 1.69 bits per heavy atom. The number of amides is 1. The topological polar surface area (TPSA) is 84.9 Å². The second-order valence-corrected chi connectivity index (χ2v) is 8.64. The molecular weight excluding hydrogens is 392 g/mol. The third-order valence-corrected chi connectivity index (χ3v) is 6.52. The molecule has 1 fully saturated rings. The van der Waals surface area contributed by atoms with Gasteiger partial charge in [-0.25, -0.2) is 8.42 Å². The molecule has 2 aromatic rings. The first-order valence-electron chi connectivity index (χ1n) is 9.75. The summed E-state index contributed by atoms with van der Waals surface area (Å²) in [5.74, 6) is 0.689. The summed E-state index contributed by atoms with van der Waals surface area (Å²) in [5.41, 5.74) is 0.575. The Labute approximate surface area is 171 Å². The van der Waals surface area contributed by atoms with Crippen molar-refractivity contribution in [2.75, 3.05) is 31.6 Å². The van der Waals surface area contributed by atoms with E-state index in [1.54, 1.807) is 30.3 Å². The minimum absolute atomic E-state index is 0.196. The summed E-state index contributed by atoms with van der Waals surface area (Å²) in [4.78, 5) is 12.4. The molecule has 1 heterocycles. The van der Waals surface area contributed by atoms with Gasteiger partial charge in [0.2, 0.25) is 10.0 Å². The Bertz CT molecular complexity index is 922. The number of para-hydroxylation sites is 2. The number of hydrogen-bond donors (Lipinski definition) is 1. The molecule has 29 heavy (non-hydrogen) atoms. The van der Waals surface area contributed by atoms with Crippen LogP contribution in [0.2, 0.25) is 0 Å². The van der Waals surface area contributed by atoms with Crippen LogP contribution in [0.4, 0.5) is 5.69 Å². The molecule has 7 nitrogen and oxygen atoms in total. The first-order chi connectivity index (χ1) is 14.0. The fourth-order valence-electron chi connectivity index (χ4n) is 3.15. The van der Waals surface area contributed by atoms with Gasteiger partial charge in [-0.1, -0.05) is 18.6 Å². The lowest BCUT2D eigenvalue weighted by atomic mass is 10.2. The summed E-state index contributed by atoms with van der Waals surface area (Å²) < 4.78 is 37.8. The van der Waals surface area contributed by atoms with E-state index in [2.05, 4.69) is 5.32 Å². The SMILES string of the molecule is CCOc1ccccc1NC(=O)COc1ccc(S(=O)(=O)N2CCCCC2)cc1. The molecule has 0 spiro atoms. The third kappa shape index (κ3) is 5.48. The Morgan fingerprint density at radius 3 is 2.38 bits per heavy atom. The van der Waals surface area contributed by atoms with Crippen LogP contribution >= 0.6 is 0 Å². The molecule has 0 aromatic heterocycles. The average Bonchev–Trinajstić information content (AvgIpc) is 2.75. The molecule has 1 amide bonds. The first-order valence-corrected chi connectivity index (χ1v) is 11.2. The number of hydrogen-bond acceptors (Lipinski definition) is 5. The van der Waals surface area contributed by atoms with E-state index in [9.17, 15) is 13.2 Å². The third-order valence-electron chi connectivity index (χ3n) is 4.61. The van der Waals surface area contributed by atoms with Gasteiger partial charge < -0.3 is 14.8 Å². The van der Waals surface area contributed by atoms with Crippen LogP contribution in [-0.4, -0.2) is 44.9 Å². The fourth-order valence-corrected chi connectivity index (χ4v) is 4.67. The number of nitrogens with zero attached hydrogens (tertiary/aromatic N) is 1. The van der Waals surface area contributed by atoms with Gasteiger partial charge in [0, 0.05) is 13.1 Å². The Kier molecular flexibility index (Phi) is 7.11. The molecule has 156 valence electrons. The number of carbonyl (C=O) groups is 1. The van der Waals surface area contributed by atoms with Gasteiger partial charge in [0.25, 0.3) is 5.91 Å². The van der Waals surface area contributed by atoms with Crippen LogP contribution in [0.3, 0.4) is 0 Å². The first kappa shape index (κ1) is 21.1. The van der Waals surface area contributed by atoms with Crippen molar-refractivity contribution >= 4 is 21.6 Å². The highest BCUT2D eigenvalue weighted by Crippen LogP contribution is 2.24. The van der Waals surface area contributed by atoms with Crippen molar-refractivity contribution in [1.82, 2.24) is 4.31 Å². The van der Waals surface area contributed by atoms with Crippen molar-refractivity contribution in [3.05, 3.63) is 48.5 Å². The zero-order valence-electron chi connectivity index (χ0n) is 16.5. The van der Waals surface area contributed by atoms with Gasteiger partial charge in [-0.15, -0.1) is 0 Å². The lowest BCUT2D eigenvalue weighted by Gasteiger charge is -2.25. The van der Waals surface area contributed by atoms with Crippen LogP contribution in [0.15, 0.2) is 53.4 Å². The number of anilines is 1. The predicted octanol–water partition coefficient (Wildman–Crippen LogP) is 3.28. The Morgan fingerprint density at radius 1 is 1.00 bits per heavy atom. The highest BCUT2D eigenvalue weighted by molar-refractivity contribution is 7.89. The number of nitrogens with one attached hydrogen (secondary N) is 1. The minimum atomic E-state index is -3.48. The molecule has 8 heteroatoms. The maximum Gasteiger partial charge on any atom is 0.262 e. The fraction of sp³-hybridized carbons (Fsp3) is 0.381. The van der Waals surface area contributed by atoms with E-state index in [1.807, 2.05) is 13.0 Å². The molecular formula is C21H26N2O5S. The summed E-state index contributed by atoms with van der Waals surface area (Å²) in [7, 11) is -3.48. The van der Waals surface area contributed by atoms with Crippen molar-refractivity contribution in [2.24, 2.45) is 0 Å². The van der Waals surface area contributed by atoms with Gasteiger partial charge in [-0.05, 0) is 56.2 Å². The van der Waals surface area contributed by atoms with Crippen molar-refractivity contribution in [3.63, 3.8) is 0 Å². The summed E-state index contributed by atoms with van der Waals surface area (Å²) in [6.07, 6.45) is 2.85. The zero-order valence-corrected chi connectivity index (χ0v) is 17.3. The summed E-state index contributed by atoms with van der Waals surface area (Å²) >= 11 is 0. The van der Waals surface area contributed by atoms with Gasteiger partial charge in [-0.3, -0.25) is 4.79 Å². The summed E-state index contributed by atoms with van der Waals surface area (Å²) in [6, 6.07) is 13.3. The largest absolute Gasteiger partial charge is 0.492 e. The number of piperidine rings is 1. The van der Waals surface area contributed by atoms with Gasteiger partial charge in [0.05, 0.1) is 17.2 Å². The lowest BCUT2D eigenvalue weighted by Crippen LogP contribution is -2.35. The smallest absolute Gasteiger partial charge is 0.262 e. The minimum Gasteiger partial charge on any atom is -0.492 e. The number of sulfonamides is 1. The van der Waals surface area contributed by atoms with E-state index in [4.69, 9.17) is 9.47 Å². The number of rotatable bonds is 8. The Hall–Kier alpha value is -2.58. The van der Waals surface area contributed by atoms with Gasteiger partial charge in [0.1, 0.15) is 11.5 Å². The van der Waals surface area contributed by atoms with E-state index in [-0.39, 0.29) is 17.4 Å². The second-order valence-electron chi connectivity index (χ2n) is 6.70. The number of benzene rings is 2. The van der Waals surface area contributed by atoms with Gasteiger partial charge >= 0.3 is 0 Å².